The van der Waals surface area contributed by atoms with Gasteiger partial charge in [0.1, 0.15) is 5.82 Å². The lowest BCUT2D eigenvalue weighted by Crippen LogP contribution is -2.58. The van der Waals surface area contributed by atoms with Crippen molar-refractivity contribution >= 4 is 11.9 Å². The molecule has 6 heteroatoms. The van der Waals surface area contributed by atoms with Crippen LogP contribution in [0.4, 0.5) is 11.9 Å². The largest absolute Gasteiger partial charge is 0.368 e. The van der Waals surface area contributed by atoms with Crippen molar-refractivity contribution in [2.24, 2.45) is 5.41 Å². The van der Waals surface area contributed by atoms with E-state index in [1.54, 1.807) is 0 Å². The molecular formula is C18H24N6. The molecule has 1 spiro atoms. The molecule has 24 heavy (non-hydrogen) atoms. The van der Waals surface area contributed by atoms with E-state index in [9.17, 15) is 0 Å². The van der Waals surface area contributed by atoms with Crippen molar-refractivity contribution in [2.75, 3.05) is 18.0 Å². The molecule has 4 N–H and O–H groups in total. The van der Waals surface area contributed by atoms with Gasteiger partial charge in [-0.3, -0.25) is 4.90 Å². The van der Waals surface area contributed by atoms with Crippen LogP contribution in [0.1, 0.15) is 49.5 Å². The van der Waals surface area contributed by atoms with Gasteiger partial charge in [-0.2, -0.15) is 15.0 Å². The lowest BCUT2D eigenvalue weighted by molar-refractivity contribution is -0.107. The lowest BCUT2D eigenvalue weighted by atomic mass is 9.61. The van der Waals surface area contributed by atoms with E-state index in [-0.39, 0.29) is 11.9 Å². The third-order valence-electron chi connectivity index (χ3n) is 5.49. The molecule has 1 unspecified atom stereocenters. The highest BCUT2D eigenvalue weighted by molar-refractivity contribution is 5.28. The molecule has 1 aromatic carbocycles. The molecule has 1 aliphatic carbocycles. The van der Waals surface area contributed by atoms with Gasteiger partial charge in [-0.25, -0.2) is 0 Å². The maximum atomic E-state index is 5.72. The first kappa shape index (κ1) is 15.3. The minimum atomic E-state index is 0.196. The van der Waals surface area contributed by atoms with E-state index < -0.39 is 0 Å². The van der Waals surface area contributed by atoms with Crippen LogP contribution in [0.5, 0.6) is 0 Å². The highest BCUT2D eigenvalue weighted by Crippen LogP contribution is 2.57. The van der Waals surface area contributed by atoms with Gasteiger partial charge in [0.25, 0.3) is 0 Å². The van der Waals surface area contributed by atoms with Gasteiger partial charge < -0.3 is 11.5 Å². The molecule has 2 aromatic rings. The van der Waals surface area contributed by atoms with Crippen LogP contribution in [-0.2, 0) is 6.54 Å². The van der Waals surface area contributed by atoms with E-state index in [1.165, 1.54) is 37.7 Å². The number of likely N-dealkylation sites (tertiary alicyclic amines) is 1. The van der Waals surface area contributed by atoms with E-state index in [2.05, 4.69) is 50.2 Å². The molecule has 0 amide bonds. The molecule has 126 valence electrons. The summed E-state index contributed by atoms with van der Waals surface area (Å²) in [5.74, 6) is 1.05. The summed E-state index contributed by atoms with van der Waals surface area (Å²) in [6.07, 6.45) is 6.66. The molecule has 0 bridgehead atoms. The molecule has 1 atom stereocenters. The Morgan fingerprint density at radius 3 is 2.29 bits per heavy atom. The normalized spacial score (nSPS) is 23.1. The first-order valence-electron chi connectivity index (χ1n) is 8.71. The monoisotopic (exact) mass is 324 g/mol. The Morgan fingerprint density at radius 1 is 0.958 bits per heavy atom. The fourth-order valence-corrected chi connectivity index (χ4v) is 4.60. The number of anilines is 2. The summed E-state index contributed by atoms with van der Waals surface area (Å²) in [5.41, 5.74) is 13.2. The summed E-state index contributed by atoms with van der Waals surface area (Å²) < 4.78 is 0. The minimum absolute atomic E-state index is 0.196. The number of benzene rings is 1. The predicted molar refractivity (Wildman–Crippen MR) is 93.8 cm³/mol. The number of nitrogen functional groups attached to an aromatic ring is 2. The van der Waals surface area contributed by atoms with Gasteiger partial charge in [0.2, 0.25) is 11.9 Å². The molecule has 2 fully saturated rings. The fraction of sp³-hybridized carbons (Fsp3) is 0.500. The molecule has 6 nitrogen and oxygen atoms in total. The van der Waals surface area contributed by atoms with E-state index in [1.807, 2.05) is 0 Å². The van der Waals surface area contributed by atoms with Crippen molar-refractivity contribution in [3.05, 3.63) is 41.7 Å². The second-order valence-electron chi connectivity index (χ2n) is 7.11. The quantitative estimate of drug-likeness (QED) is 0.901. The van der Waals surface area contributed by atoms with Crippen molar-refractivity contribution in [3.8, 4) is 0 Å². The Morgan fingerprint density at radius 2 is 1.62 bits per heavy atom. The first-order chi connectivity index (χ1) is 11.7. The lowest BCUT2D eigenvalue weighted by Gasteiger charge is -2.59. The van der Waals surface area contributed by atoms with Crippen LogP contribution >= 0.6 is 0 Å². The molecule has 4 rings (SSSR count). The van der Waals surface area contributed by atoms with Crippen LogP contribution in [0.2, 0.25) is 0 Å². The summed E-state index contributed by atoms with van der Waals surface area (Å²) in [5, 5.41) is 0. The number of hydrogen-bond donors (Lipinski definition) is 2. The van der Waals surface area contributed by atoms with Crippen molar-refractivity contribution in [1.29, 1.82) is 0 Å². The third kappa shape index (κ3) is 2.71. The van der Waals surface area contributed by atoms with Gasteiger partial charge in [0.15, 0.2) is 0 Å². The first-order valence-corrected chi connectivity index (χ1v) is 8.71. The maximum Gasteiger partial charge on any atom is 0.225 e. The Hall–Kier alpha value is -2.21. The Bertz CT molecular complexity index is 690. The van der Waals surface area contributed by atoms with Crippen LogP contribution in [0.25, 0.3) is 0 Å². The van der Waals surface area contributed by atoms with Gasteiger partial charge in [-0.1, -0.05) is 49.6 Å². The second-order valence-corrected chi connectivity index (χ2v) is 7.11. The van der Waals surface area contributed by atoms with Gasteiger partial charge in [-0.05, 0) is 18.4 Å². The molecule has 1 aliphatic heterocycles. The third-order valence-corrected chi connectivity index (χ3v) is 5.49. The summed E-state index contributed by atoms with van der Waals surface area (Å²) in [7, 11) is 0. The number of rotatable bonds is 3. The van der Waals surface area contributed by atoms with Crippen LogP contribution in [-0.4, -0.2) is 26.4 Å². The van der Waals surface area contributed by atoms with E-state index in [0.29, 0.717) is 23.8 Å². The highest BCUT2D eigenvalue weighted by Gasteiger charge is 2.52. The molecule has 0 radical (unpaired) electrons. The van der Waals surface area contributed by atoms with Crippen molar-refractivity contribution in [2.45, 2.75) is 44.7 Å². The molecule has 1 saturated heterocycles. The molecule has 2 aliphatic rings. The Labute approximate surface area is 142 Å². The summed E-state index contributed by atoms with van der Waals surface area (Å²) in [6.45, 7) is 1.76. The van der Waals surface area contributed by atoms with Gasteiger partial charge in [0.05, 0.1) is 6.54 Å². The van der Waals surface area contributed by atoms with Gasteiger partial charge in [-0.15, -0.1) is 0 Å². The van der Waals surface area contributed by atoms with Crippen molar-refractivity contribution < 1.29 is 0 Å². The average molecular weight is 324 g/mol. The summed E-state index contributed by atoms with van der Waals surface area (Å²) in [6, 6.07) is 11.2. The average Bonchev–Trinajstić information content (AvgIpc) is 2.55. The van der Waals surface area contributed by atoms with Crippen molar-refractivity contribution in [1.82, 2.24) is 19.9 Å². The topological polar surface area (TPSA) is 93.9 Å². The molecular weight excluding hydrogens is 300 g/mol. The predicted octanol–water partition coefficient (Wildman–Crippen LogP) is 2.54. The van der Waals surface area contributed by atoms with Crippen molar-refractivity contribution in [3.63, 3.8) is 0 Å². The zero-order valence-corrected chi connectivity index (χ0v) is 13.9. The molecule has 1 aromatic heterocycles. The van der Waals surface area contributed by atoms with E-state index in [0.717, 1.165) is 6.54 Å². The maximum absolute atomic E-state index is 5.72. The fourth-order valence-electron chi connectivity index (χ4n) is 4.60. The van der Waals surface area contributed by atoms with Crippen LogP contribution in [0.15, 0.2) is 30.3 Å². The smallest absolute Gasteiger partial charge is 0.225 e. The molecule has 2 heterocycles. The minimum Gasteiger partial charge on any atom is -0.368 e. The Kier molecular flexibility index (Phi) is 3.84. The number of aromatic nitrogens is 3. The van der Waals surface area contributed by atoms with Gasteiger partial charge in [0, 0.05) is 18.0 Å². The Balaban J connectivity index is 1.61. The molecule has 1 saturated carbocycles. The zero-order chi connectivity index (χ0) is 16.6. The van der Waals surface area contributed by atoms with Crippen LogP contribution < -0.4 is 11.5 Å². The highest BCUT2D eigenvalue weighted by atomic mass is 15.3. The number of hydrogen-bond acceptors (Lipinski definition) is 6. The van der Waals surface area contributed by atoms with Crippen LogP contribution in [0.3, 0.4) is 0 Å². The summed E-state index contributed by atoms with van der Waals surface area (Å²) >= 11 is 0. The zero-order valence-electron chi connectivity index (χ0n) is 13.9. The van der Waals surface area contributed by atoms with E-state index in [4.69, 9.17) is 11.5 Å². The van der Waals surface area contributed by atoms with Crippen LogP contribution in [0, 0.1) is 5.41 Å². The van der Waals surface area contributed by atoms with E-state index >= 15 is 0 Å². The summed E-state index contributed by atoms with van der Waals surface area (Å²) in [4.78, 5) is 14.8. The SMILES string of the molecule is Nc1nc(N)nc(CN2CC3(CCCCC3)C2c2ccccc2)n1. The number of nitrogens with two attached hydrogens (primary N) is 2. The van der Waals surface area contributed by atoms with Gasteiger partial charge >= 0.3 is 0 Å². The number of nitrogens with zero attached hydrogens (tertiary/aromatic N) is 4. The standard InChI is InChI=1S/C18H24N6/c19-16-21-14(22-17(20)23-16)11-24-12-18(9-5-2-6-10-18)15(24)13-7-3-1-4-8-13/h1,3-4,7-8,15H,2,5-6,9-12H2,(H4,19,20,21,22,23). The second kappa shape index (κ2) is 6.02.